The van der Waals surface area contributed by atoms with Crippen molar-refractivity contribution < 1.29 is 18.4 Å². The molecule has 154 valence electrons. The quantitative estimate of drug-likeness (QED) is 0.587. The minimum Gasteiger partial charge on any atom is -0.445 e. The Bertz CT molecular complexity index is 934. The van der Waals surface area contributed by atoms with Crippen LogP contribution in [0.3, 0.4) is 0 Å². The zero-order valence-electron chi connectivity index (χ0n) is 16.4. The fraction of sp³-hybridized carbons (Fsp3) is 0.409. The molecule has 0 aromatic heterocycles. The molecule has 2 heterocycles. The predicted octanol–water partition coefficient (Wildman–Crippen LogP) is 6.12. The summed E-state index contributed by atoms with van der Waals surface area (Å²) in [6.45, 7) is 0. The van der Waals surface area contributed by atoms with Crippen molar-refractivity contribution in [3.8, 4) is 11.1 Å². The fourth-order valence-corrected chi connectivity index (χ4v) is 5.10. The van der Waals surface area contributed by atoms with E-state index in [1.54, 1.807) is 24.3 Å². The number of benzene rings is 2. The minimum absolute atomic E-state index is 0.00872. The molecule has 2 aromatic rings. The fourth-order valence-electron chi connectivity index (χ4n) is 4.75. The number of fused-ring (bicyclic) bond motifs is 2. The molecule has 2 saturated heterocycles. The van der Waals surface area contributed by atoms with Gasteiger partial charge in [-0.05, 0) is 35.9 Å². The Labute approximate surface area is 180 Å². The number of anilines is 1. The maximum absolute atomic E-state index is 13.5. The van der Waals surface area contributed by atoms with E-state index in [9.17, 15) is 9.18 Å². The number of hydrogen-bond donors (Lipinski definition) is 1. The number of halogens is 3. The van der Waals surface area contributed by atoms with Gasteiger partial charge in [0.2, 0.25) is 0 Å². The molecule has 4 rings (SSSR count). The average molecular weight is 438 g/mol. The van der Waals surface area contributed by atoms with Gasteiger partial charge in [-0.2, -0.15) is 0 Å². The normalized spacial score (nSPS) is 24.9. The Morgan fingerprint density at radius 1 is 1.10 bits per heavy atom. The van der Waals surface area contributed by atoms with Crippen molar-refractivity contribution in [2.24, 2.45) is 0 Å². The van der Waals surface area contributed by atoms with E-state index in [0.29, 0.717) is 33.9 Å². The van der Waals surface area contributed by atoms with Crippen molar-refractivity contribution in [1.82, 2.24) is 0 Å². The standard InChI is InChI=1S/C22H23Cl2FN2O2/c1-27(2)15-5-6-16(27)12-17(11-15)29-22(28)26-21-8-4-14(23)10-18(21)13-3-7-20(25)19(24)9-13/h3-4,7-10,15-17H,5-6,11-12H2,1-2H3/p+1. The van der Waals surface area contributed by atoms with Crippen molar-refractivity contribution in [2.75, 3.05) is 19.4 Å². The lowest BCUT2D eigenvalue weighted by Gasteiger charge is -2.43. The third-order valence-corrected chi connectivity index (χ3v) is 7.03. The second kappa shape index (κ2) is 7.78. The number of carbonyl (C=O) groups excluding carboxylic acids is 1. The summed E-state index contributed by atoms with van der Waals surface area (Å²) < 4.78 is 20.3. The Hall–Kier alpha value is -1.82. The lowest BCUT2D eigenvalue weighted by molar-refractivity contribution is -0.931. The molecule has 1 N–H and O–H groups in total. The van der Waals surface area contributed by atoms with E-state index in [0.717, 1.165) is 17.3 Å². The summed E-state index contributed by atoms with van der Waals surface area (Å²) in [5.41, 5.74) is 1.85. The maximum Gasteiger partial charge on any atom is 0.411 e. The van der Waals surface area contributed by atoms with Gasteiger partial charge in [0, 0.05) is 36.3 Å². The number of quaternary nitrogens is 1. The molecule has 0 saturated carbocycles. The first kappa shape index (κ1) is 20.5. The smallest absolute Gasteiger partial charge is 0.411 e. The lowest BCUT2D eigenvalue weighted by atomic mass is 9.98. The highest BCUT2D eigenvalue weighted by molar-refractivity contribution is 6.31. The number of piperidine rings is 1. The van der Waals surface area contributed by atoms with Gasteiger partial charge in [-0.1, -0.05) is 29.3 Å². The summed E-state index contributed by atoms with van der Waals surface area (Å²) in [7, 11) is 4.54. The van der Waals surface area contributed by atoms with Gasteiger partial charge in [-0.3, -0.25) is 5.32 Å². The molecule has 2 atom stereocenters. The number of rotatable bonds is 3. The third kappa shape index (κ3) is 4.09. The first-order valence-corrected chi connectivity index (χ1v) is 10.6. The summed E-state index contributed by atoms with van der Waals surface area (Å²) in [6.07, 6.45) is 3.58. The molecule has 2 aromatic carbocycles. The van der Waals surface area contributed by atoms with Crippen LogP contribution in [0.2, 0.25) is 10.0 Å². The van der Waals surface area contributed by atoms with Crippen LogP contribution in [0.1, 0.15) is 25.7 Å². The molecular weight excluding hydrogens is 414 g/mol. The SMILES string of the molecule is C[N+]1(C)C2CCC1CC(OC(=O)Nc1ccc(Cl)cc1-c1ccc(F)c(Cl)c1)C2. The van der Waals surface area contributed by atoms with Crippen LogP contribution in [0, 0.1) is 5.82 Å². The van der Waals surface area contributed by atoms with E-state index in [1.807, 2.05) is 0 Å². The van der Waals surface area contributed by atoms with Crippen molar-refractivity contribution in [3.63, 3.8) is 0 Å². The molecule has 2 aliphatic heterocycles. The Morgan fingerprint density at radius 3 is 2.45 bits per heavy atom. The van der Waals surface area contributed by atoms with Crippen LogP contribution in [-0.4, -0.2) is 42.9 Å². The van der Waals surface area contributed by atoms with Crippen LogP contribution in [0.25, 0.3) is 11.1 Å². The molecule has 1 amide bonds. The van der Waals surface area contributed by atoms with Crippen LogP contribution in [-0.2, 0) is 4.74 Å². The number of ether oxygens (including phenoxy) is 1. The van der Waals surface area contributed by atoms with Gasteiger partial charge in [0.15, 0.2) is 0 Å². The van der Waals surface area contributed by atoms with Crippen molar-refractivity contribution in [2.45, 2.75) is 43.9 Å². The van der Waals surface area contributed by atoms with E-state index >= 15 is 0 Å². The van der Waals surface area contributed by atoms with Gasteiger partial charge < -0.3 is 9.22 Å². The molecular formula is C22H24Cl2FN2O2+. The van der Waals surface area contributed by atoms with E-state index in [2.05, 4.69) is 19.4 Å². The molecule has 2 unspecified atom stereocenters. The molecule has 29 heavy (non-hydrogen) atoms. The molecule has 7 heteroatoms. The van der Waals surface area contributed by atoms with Crippen LogP contribution >= 0.6 is 23.2 Å². The van der Waals surface area contributed by atoms with Crippen LogP contribution in [0.5, 0.6) is 0 Å². The Kier molecular flexibility index (Phi) is 5.49. The third-order valence-electron chi connectivity index (χ3n) is 6.51. The molecule has 2 fully saturated rings. The summed E-state index contributed by atoms with van der Waals surface area (Å²) in [6, 6.07) is 10.6. The molecule has 0 aliphatic carbocycles. The summed E-state index contributed by atoms with van der Waals surface area (Å²) >= 11 is 12.1. The number of hydrogen-bond acceptors (Lipinski definition) is 2. The zero-order valence-corrected chi connectivity index (χ0v) is 17.9. The molecule has 4 nitrogen and oxygen atoms in total. The highest BCUT2D eigenvalue weighted by atomic mass is 35.5. The number of carbonyl (C=O) groups is 1. The van der Waals surface area contributed by atoms with Gasteiger partial charge in [0.25, 0.3) is 0 Å². The minimum atomic E-state index is -0.500. The van der Waals surface area contributed by atoms with Crippen molar-refractivity contribution >= 4 is 35.0 Å². The zero-order chi connectivity index (χ0) is 20.8. The van der Waals surface area contributed by atoms with Crippen LogP contribution in [0.4, 0.5) is 14.9 Å². The van der Waals surface area contributed by atoms with Gasteiger partial charge in [0.1, 0.15) is 11.9 Å². The Balaban J connectivity index is 1.50. The molecule has 2 aliphatic rings. The molecule has 0 spiro atoms. The predicted molar refractivity (Wildman–Crippen MR) is 114 cm³/mol. The largest absolute Gasteiger partial charge is 0.445 e. The number of amides is 1. The van der Waals surface area contributed by atoms with E-state index in [4.69, 9.17) is 27.9 Å². The highest BCUT2D eigenvalue weighted by Gasteiger charge is 2.49. The summed E-state index contributed by atoms with van der Waals surface area (Å²) in [4.78, 5) is 12.6. The number of nitrogens with zero attached hydrogens (tertiary/aromatic N) is 1. The van der Waals surface area contributed by atoms with Gasteiger partial charge >= 0.3 is 6.09 Å². The topological polar surface area (TPSA) is 38.3 Å². The summed E-state index contributed by atoms with van der Waals surface area (Å²) in [5.74, 6) is -0.500. The van der Waals surface area contributed by atoms with Gasteiger partial charge in [-0.25, -0.2) is 9.18 Å². The van der Waals surface area contributed by atoms with Crippen molar-refractivity contribution in [3.05, 3.63) is 52.3 Å². The average Bonchev–Trinajstić information content (AvgIpc) is 2.83. The van der Waals surface area contributed by atoms with Crippen LogP contribution < -0.4 is 5.32 Å². The second-order valence-corrected chi connectivity index (χ2v) is 9.30. The van der Waals surface area contributed by atoms with E-state index in [1.165, 1.54) is 25.0 Å². The van der Waals surface area contributed by atoms with Gasteiger partial charge in [-0.15, -0.1) is 0 Å². The Morgan fingerprint density at radius 2 is 1.79 bits per heavy atom. The van der Waals surface area contributed by atoms with Crippen molar-refractivity contribution in [1.29, 1.82) is 0 Å². The van der Waals surface area contributed by atoms with Crippen LogP contribution in [0.15, 0.2) is 36.4 Å². The molecule has 0 radical (unpaired) electrons. The monoisotopic (exact) mass is 437 g/mol. The summed E-state index contributed by atoms with van der Waals surface area (Å²) in [5, 5.41) is 3.34. The van der Waals surface area contributed by atoms with E-state index in [-0.39, 0.29) is 11.1 Å². The first-order valence-electron chi connectivity index (χ1n) is 9.80. The molecule has 2 bridgehead atoms. The van der Waals surface area contributed by atoms with E-state index < -0.39 is 11.9 Å². The maximum atomic E-state index is 13.5. The highest BCUT2D eigenvalue weighted by Crippen LogP contribution is 2.40. The lowest BCUT2D eigenvalue weighted by Crippen LogP contribution is -2.56. The first-order chi connectivity index (χ1) is 13.7. The number of nitrogens with one attached hydrogen (secondary N) is 1. The second-order valence-electron chi connectivity index (χ2n) is 8.46. The van der Waals surface area contributed by atoms with Gasteiger partial charge in [0.05, 0.1) is 36.9 Å².